The number of H-pyrrole nitrogens is 1. The van der Waals surface area contributed by atoms with Crippen molar-refractivity contribution in [3.8, 4) is 11.4 Å². The highest BCUT2D eigenvalue weighted by Gasteiger charge is 2.27. The summed E-state index contributed by atoms with van der Waals surface area (Å²) in [6.45, 7) is 10.5. The van der Waals surface area contributed by atoms with Gasteiger partial charge in [-0.05, 0) is 94.4 Å². The molecule has 6 nitrogen and oxygen atoms in total. The van der Waals surface area contributed by atoms with Crippen molar-refractivity contribution >= 4 is 39.9 Å². The second-order valence-corrected chi connectivity index (χ2v) is 10.4. The number of halogens is 1. The Hall–Kier alpha value is -3.35. The number of benzene rings is 3. The van der Waals surface area contributed by atoms with Gasteiger partial charge in [-0.25, -0.2) is 4.98 Å². The Kier molecular flexibility index (Phi) is 6.49. The van der Waals surface area contributed by atoms with Gasteiger partial charge in [-0.1, -0.05) is 17.7 Å². The first-order valence-corrected chi connectivity index (χ1v) is 12.7. The Morgan fingerprint density at radius 1 is 1.03 bits per heavy atom. The zero-order chi connectivity index (χ0) is 25.6. The number of amides is 1. The SMILES string of the molecule is Cc1ccc2nc(-c3cc(NC(=O)c4ccc(N5C[C@@H](C)N(C)[C@@H](C)C5)cc4C)ccc3Cl)[nH]c2c1. The average molecular weight is 502 g/mol. The second kappa shape index (κ2) is 9.60. The van der Waals surface area contributed by atoms with E-state index >= 15 is 0 Å². The Morgan fingerprint density at radius 2 is 1.78 bits per heavy atom. The van der Waals surface area contributed by atoms with Gasteiger partial charge >= 0.3 is 0 Å². The number of rotatable bonds is 4. The highest BCUT2D eigenvalue weighted by Crippen LogP contribution is 2.31. The minimum Gasteiger partial charge on any atom is -0.368 e. The molecule has 2 atom stereocenters. The van der Waals surface area contributed by atoms with E-state index in [-0.39, 0.29) is 5.91 Å². The number of imidazole rings is 1. The van der Waals surface area contributed by atoms with Crippen LogP contribution in [0.1, 0.15) is 35.3 Å². The van der Waals surface area contributed by atoms with Crippen molar-refractivity contribution in [1.82, 2.24) is 14.9 Å². The van der Waals surface area contributed by atoms with E-state index in [1.165, 1.54) is 0 Å². The lowest BCUT2D eigenvalue weighted by atomic mass is 10.0. The molecule has 2 N–H and O–H groups in total. The molecule has 0 unspecified atom stereocenters. The third kappa shape index (κ3) is 4.71. The molecule has 36 heavy (non-hydrogen) atoms. The number of aromatic nitrogens is 2. The zero-order valence-corrected chi connectivity index (χ0v) is 22.1. The lowest BCUT2D eigenvalue weighted by molar-refractivity contribution is 0.102. The quantitative estimate of drug-likeness (QED) is 0.345. The van der Waals surface area contributed by atoms with E-state index in [1.807, 2.05) is 44.2 Å². The summed E-state index contributed by atoms with van der Waals surface area (Å²) in [6, 6.07) is 18.6. The van der Waals surface area contributed by atoms with E-state index in [0.717, 1.165) is 46.5 Å². The number of nitrogens with zero attached hydrogens (tertiary/aromatic N) is 3. The number of anilines is 2. The maximum absolute atomic E-state index is 13.2. The molecule has 0 saturated carbocycles. The number of aromatic amines is 1. The zero-order valence-electron chi connectivity index (χ0n) is 21.4. The summed E-state index contributed by atoms with van der Waals surface area (Å²) in [5.41, 5.74) is 7.16. The molecule has 186 valence electrons. The molecule has 1 fully saturated rings. The van der Waals surface area contributed by atoms with Crippen LogP contribution in [0.25, 0.3) is 22.4 Å². The molecule has 1 aliphatic heterocycles. The fraction of sp³-hybridized carbons (Fsp3) is 0.310. The molecule has 1 aliphatic rings. The molecule has 4 aromatic rings. The molecule has 1 aromatic heterocycles. The third-order valence-electron chi connectivity index (χ3n) is 7.30. The smallest absolute Gasteiger partial charge is 0.255 e. The predicted molar refractivity (Wildman–Crippen MR) is 149 cm³/mol. The van der Waals surface area contributed by atoms with Crippen molar-refractivity contribution in [1.29, 1.82) is 0 Å². The highest BCUT2D eigenvalue weighted by atomic mass is 35.5. The molecule has 2 heterocycles. The Balaban J connectivity index is 1.36. The van der Waals surface area contributed by atoms with E-state index in [4.69, 9.17) is 11.6 Å². The Morgan fingerprint density at radius 3 is 2.50 bits per heavy atom. The van der Waals surface area contributed by atoms with Gasteiger partial charge in [-0.3, -0.25) is 9.69 Å². The predicted octanol–water partition coefficient (Wildman–Crippen LogP) is 6.28. The number of nitrogens with one attached hydrogen (secondary N) is 2. The van der Waals surface area contributed by atoms with Crippen LogP contribution in [0.3, 0.4) is 0 Å². The van der Waals surface area contributed by atoms with Gasteiger partial charge in [-0.15, -0.1) is 0 Å². The molecule has 1 amide bonds. The van der Waals surface area contributed by atoms with E-state index in [0.29, 0.717) is 34.2 Å². The number of aryl methyl sites for hydroxylation is 2. The minimum atomic E-state index is -0.146. The van der Waals surface area contributed by atoms with Gasteiger partial charge in [0.15, 0.2) is 0 Å². The molecular formula is C29H32ClN5O. The number of carbonyl (C=O) groups is 1. The molecular weight excluding hydrogens is 470 g/mol. The molecule has 0 spiro atoms. The summed E-state index contributed by atoms with van der Waals surface area (Å²) >= 11 is 6.51. The van der Waals surface area contributed by atoms with E-state index in [2.05, 4.69) is 64.2 Å². The number of hydrogen-bond donors (Lipinski definition) is 2. The van der Waals surface area contributed by atoms with Crippen molar-refractivity contribution in [2.45, 2.75) is 39.8 Å². The molecule has 1 saturated heterocycles. The molecule has 0 radical (unpaired) electrons. The first kappa shape index (κ1) is 24.3. The summed E-state index contributed by atoms with van der Waals surface area (Å²) in [7, 11) is 2.18. The number of likely N-dealkylation sites (N-methyl/N-ethyl adjacent to an activating group) is 1. The van der Waals surface area contributed by atoms with Gasteiger partial charge in [0, 0.05) is 47.7 Å². The highest BCUT2D eigenvalue weighted by molar-refractivity contribution is 6.33. The van der Waals surface area contributed by atoms with Crippen LogP contribution in [-0.4, -0.2) is 53.0 Å². The van der Waals surface area contributed by atoms with Crippen LogP contribution in [0.15, 0.2) is 54.6 Å². The van der Waals surface area contributed by atoms with Gasteiger partial charge < -0.3 is 15.2 Å². The molecule has 3 aromatic carbocycles. The largest absolute Gasteiger partial charge is 0.368 e. The number of carbonyl (C=O) groups excluding carboxylic acids is 1. The van der Waals surface area contributed by atoms with Gasteiger partial charge in [0.2, 0.25) is 0 Å². The minimum absolute atomic E-state index is 0.146. The Labute approximate surface area is 217 Å². The first-order valence-electron chi connectivity index (χ1n) is 12.3. The summed E-state index contributed by atoms with van der Waals surface area (Å²) in [4.78, 5) is 26.0. The van der Waals surface area contributed by atoms with Crippen molar-refractivity contribution in [3.63, 3.8) is 0 Å². The van der Waals surface area contributed by atoms with Gasteiger partial charge in [-0.2, -0.15) is 0 Å². The van der Waals surface area contributed by atoms with Crippen molar-refractivity contribution in [2.75, 3.05) is 30.4 Å². The third-order valence-corrected chi connectivity index (χ3v) is 7.63. The number of piperazine rings is 1. The number of hydrogen-bond acceptors (Lipinski definition) is 4. The Bertz CT molecular complexity index is 1430. The maximum Gasteiger partial charge on any atom is 0.255 e. The van der Waals surface area contributed by atoms with Crippen molar-refractivity contribution in [2.24, 2.45) is 0 Å². The van der Waals surface area contributed by atoms with Crippen LogP contribution in [0, 0.1) is 13.8 Å². The molecule has 5 rings (SSSR count). The fourth-order valence-corrected chi connectivity index (χ4v) is 5.16. The van der Waals surface area contributed by atoms with Gasteiger partial charge in [0.1, 0.15) is 5.82 Å². The fourth-order valence-electron chi connectivity index (χ4n) is 4.95. The summed E-state index contributed by atoms with van der Waals surface area (Å²) < 4.78 is 0. The van der Waals surface area contributed by atoms with Crippen LogP contribution in [0.2, 0.25) is 5.02 Å². The molecule has 0 aliphatic carbocycles. The monoisotopic (exact) mass is 501 g/mol. The lowest BCUT2D eigenvalue weighted by Gasteiger charge is -2.43. The first-order chi connectivity index (χ1) is 17.2. The van der Waals surface area contributed by atoms with Crippen molar-refractivity contribution in [3.05, 3.63) is 76.3 Å². The van der Waals surface area contributed by atoms with E-state index in [9.17, 15) is 4.79 Å². The lowest BCUT2D eigenvalue weighted by Crippen LogP contribution is -2.55. The summed E-state index contributed by atoms with van der Waals surface area (Å²) in [5, 5.41) is 3.61. The van der Waals surface area contributed by atoms with Crippen LogP contribution < -0.4 is 10.2 Å². The summed E-state index contributed by atoms with van der Waals surface area (Å²) in [5.74, 6) is 0.528. The van der Waals surface area contributed by atoms with Crippen LogP contribution in [0.5, 0.6) is 0 Å². The van der Waals surface area contributed by atoms with Gasteiger partial charge in [0.05, 0.1) is 16.1 Å². The summed E-state index contributed by atoms with van der Waals surface area (Å²) in [6.07, 6.45) is 0. The maximum atomic E-state index is 13.2. The topological polar surface area (TPSA) is 64.3 Å². The van der Waals surface area contributed by atoms with Crippen LogP contribution in [0.4, 0.5) is 11.4 Å². The molecule has 0 bridgehead atoms. The normalized spacial score (nSPS) is 18.6. The van der Waals surface area contributed by atoms with Gasteiger partial charge in [0.25, 0.3) is 5.91 Å². The van der Waals surface area contributed by atoms with Crippen molar-refractivity contribution < 1.29 is 4.79 Å². The van der Waals surface area contributed by atoms with Crippen LogP contribution >= 0.6 is 11.6 Å². The average Bonchev–Trinajstić information content (AvgIpc) is 3.26. The van der Waals surface area contributed by atoms with E-state index < -0.39 is 0 Å². The van der Waals surface area contributed by atoms with E-state index in [1.54, 1.807) is 6.07 Å². The standard InChI is InChI=1S/C29H32ClN5O/c1-17-6-11-26-27(12-17)33-28(32-26)24-14-21(7-10-25(24)30)31-29(36)23-9-8-22(13-18(23)2)35-15-19(3)34(5)20(4)16-35/h6-14,19-20H,15-16H2,1-5H3,(H,31,36)(H,32,33)/t19-,20+. The van der Waals surface area contributed by atoms with Crippen LogP contribution in [-0.2, 0) is 0 Å². The second-order valence-electron chi connectivity index (χ2n) is 10.0. The number of fused-ring (bicyclic) bond motifs is 1. The molecule has 7 heteroatoms.